The van der Waals surface area contributed by atoms with Crippen molar-refractivity contribution in [2.45, 2.75) is 0 Å². The van der Waals surface area contributed by atoms with E-state index in [1.807, 2.05) is 0 Å². The lowest BCUT2D eigenvalue weighted by atomic mass is 10.2. The van der Waals surface area contributed by atoms with Crippen molar-refractivity contribution in [3.8, 4) is 5.75 Å². The maximum Gasteiger partial charge on any atom is 0.337 e. The van der Waals surface area contributed by atoms with Crippen molar-refractivity contribution >= 4 is 44.8 Å². The molecule has 20 heavy (non-hydrogen) atoms. The number of benzene rings is 1. The lowest BCUT2D eigenvalue weighted by Crippen LogP contribution is -2.14. The van der Waals surface area contributed by atoms with E-state index in [4.69, 9.17) is 9.84 Å². The lowest BCUT2D eigenvalue weighted by molar-refractivity contribution is 0.0698. The molecule has 0 fully saturated rings. The molecule has 0 saturated heterocycles. The monoisotopic (exact) mass is 355 g/mol. The van der Waals surface area contributed by atoms with Gasteiger partial charge in [-0.15, -0.1) is 11.3 Å². The minimum atomic E-state index is -1.11. The number of carboxylic acid groups (broad SMARTS) is 1. The van der Waals surface area contributed by atoms with Crippen molar-refractivity contribution in [1.29, 1.82) is 0 Å². The number of halogens is 1. The number of ether oxygens (including phenoxy) is 1. The Hall–Kier alpha value is -1.86. The van der Waals surface area contributed by atoms with E-state index in [2.05, 4.69) is 21.2 Å². The second kappa shape index (κ2) is 6.06. The van der Waals surface area contributed by atoms with Crippen molar-refractivity contribution in [3.63, 3.8) is 0 Å². The van der Waals surface area contributed by atoms with Crippen LogP contribution >= 0.6 is 27.3 Å². The third-order valence-corrected chi connectivity index (χ3v) is 3.90. The van der Waals surface area contributed by atoms with Crippen molar-refractivity contribution in [2.24, 2.45) is 0 Å². The van der Waals surface area contributed by atoms with Crippen molar-refractivity contribution < 1.29 is 19.4 Å². The molecular formula is C13H10BrNO4S. The summed E-state index contributed by atoms with van der Waals surface area (Å²) in [4.78, 5) is 23.7. The number of rotatable bonds is 4. The van der Waals surface area contributed by atoms with Crippen LogP contribution in [-0.4, -0.2) is 24.1 Å². The Balaban J connectivity index is 2.32. The topological polar surface area (TPSA) is 75.6 Å². The predicted octanol–water partition coefficient (Wildman–Crippen LogP) is 3.47. The van der Waals surface area contributed by atoms with Crippen LogP contribution in [0.1, 0.15) is 20.0 Å². The summed E-state index contributed by atoms with van der Waals surface area (Å²) in [5, 5.41) is 13.4. The number of hydrogen-bond donors (Lipinski definition) is 2. The molecule has 1 heterocycles. The Morgan fingerprint density at radius 2 is 2.10 bits per heavy atom. The molecule has 0 bridgehead atoms. The third kappa shape index (κ3) is 3.00. The first-order valence-electron chi connectivity index (χ1n) is 5.48. The van der Waals surface area contributed by atoms with Crippen molar-refractivity contribution in [3.05, 3.63) is 44.6 Å². The molecule has 0 atom stereocenters. The van der Waals surface area contributed by atoms with E-state index in [0.29, 0.717) is 15.1 Å². The minimum Gasteiger partial charge on any atom is -0.495 e. The fourth-order valence-electron chi connectivity index (χ4n) is 1.61. The van der Waals surface area contributed by atoms with Crippen molar-refractivity contribution in [1.82, 2.24) is 0 Å². The van der Waals surface area contributed by atoms with E-state index in [0.717, 1.165) is 0 Å². The molecule has 0 aliphatic carbocycles. The van der Waals surface area contributed by atoms with Crippen LogP contribution in [0.2, 0.25) is 0 Å². The van der Waals surface area contributed by atoms with Crippen molar-refractivity contribution in [2.75, 3.05) is 12.4 Å². The molecule has 1 aromatic heterocycles. The van der Waals surface area contributed by atoms with Gasteiger partial charge in [-0.1, -0.05) is 15.9 Å². The number of carbonyl (C=O) groups excluding carboxylic acids is 1. The van der Waals surface area contributed by atoms with E-state index in [1.54, 1.807) is 23.6 Å². The van der Waals surface area contributed by atoms with Gasteiger partial charge in [0, 0.05) is 4.47 Å². The summed E-state index contributed by atoms with van der Waals surface area (Å²) in [6.07, 6.45) is 0. The maximum atomic E-state index is 12.2. The second-order valence-electron chi connectivity index (χ2n) is 3.77. The summed E-state index contributed by atoms with van der Waals surface area (Å²) < 4.78 is 5.75. The molecular weight excluding hydrogens is 346 g/mol. The standard InChI is InChI=1S/C13H10BrNO4S/c1-19-10-4-5-20-11(10)12(16)15-9-6-7(14)2-3-8(9)13(17)18/h2-6H,1H3,(H,15,16)(H,17,18). The van der Waals surface area contributed by atoms with Crippen LogP contribution in [-0.2, 0) is 0 Å². The summed E-state index contributed by atoms with van der Waals surface area (Å²) in [6, 6.07) is 6.25. The Morgan fingerprint density at radius 1 is 1.35 bits per heavy atom. The highest BCUT2D eigenvalue weighted by atomic mass is 79.9. The minimum absolute atomic E-state index is 0.0251. The SMILES string of the molecule is COc1ccsc1C(=O)Nc1cc(Br)ccc1C(=O)O. The fourth-order valence-corrected chi connectivity index (χ4v) is 2.72. The first-order chi connectivity index (χ1) is 9.52. The zero-order chi connectivity index (χ0) is 14.7. The maximum absolute atomic E-state index is 12.2. The molecule has 7 heteroatoms. The van der Waals surface area contributed by atoms with Gasteiger partial charge < -0.3 is 15.2 Å². The van der Waals surface area contributed by atoms with Gasteiger partial charge in [-0.25, -0.2) is 4.79 Å². The van der Waals surface area contributed by atoms with E-state index < -0.39 is 11.9 Å². The van der Waals surface area contributed by atoms with Crippen LogP contribution < -0.4 is 10.1 Å². The summed E-state index contributed by atoms with van der Waals surface area (Å²) in [5.41, 5.74) is 0.254. The predicted molar refractivity (Wildman–Crippen MR) is 79.9 cm³/mol. The van der Waals surface area contributed by atoms with Crippen LogP contribution in [0, 0.1) is 0 Å². The summed E-state index contributed by atoms with van der Waals surface area (Å²) in [5.74, 6) is -1.05. The molecule has 0 aliphatic heterocycles. The van der Waals surface area contributed by atoms with Gasteiger partial charge in [-0.2, -0.15) is 0 Å². The number of nitrogens with one attached hydrogen (secondary N) is 1. The average Bonchev–Trinajstić information content (AvgIpc) is 2.86. The van der Waals surface area contributed by atoms with Gasteiger partial charge in [0.15, 0.2) is 0 Å². The summed E-state index contributed by atoms with van der Waals surface area (Å²) >= 11 is 4.47. The number of aromatic carboxylic acids is 1. The molecule has 0 radical (unpaired) electrons. The smallest absolute Gasteiger partial charge is 0.337 e. The lowest BCUT2D eigenvalue weighted by Gasteiger charge is -2.09. The molecule has 5 nitrogen and oxygen atoms in total. The zero-order valence-electron chi connectivity index (χ0n) is 10.3. The van der Waals surface area contributed by atoms with Gasteiger partial charge in [0.1, 0.15) is 10.6 Å². The number of anilines is 1. The molecule has 0 aliphatic rings. The fraction of sp³-hybridized carbons (Fsp3) is 0.0769. The molecule has 104 valence electrons. The van der Waals surface area contributed by atoms with E-state index in [1.165, 1.54) is 24.5 Å². The zero-order valence-corrected chi connectivity index (χ0v) is 12.7. The van der Waals surface area contributed by atoms with Gasteiger partial charge in [-0.05, 0) is 29.6 Å². The highest BCUT2D eigenvalue weighted by Gasteiger charge is 2.17. The highest BCUT2D eigenvalue weighted by molar-refractivity contribution is 9.10. The third-order valence-electron chi connectivity index (χ3n) is 2.52. The molecule has 2 aromatic rings. The van der Waals surface area contributed by atoms with E-state index in [9.17, 15) is 9.59 Å². The van der Waals surface area contributed by atoms with E-state index >= 15 is 0 Å². The first-order valence-corrected chi connectivity index (χ1v) is 7.16. The second-order valence-corrected chi connectivity index (χ2v) is 5.60. The average molecular weight is 356 g/mol. The molecule has 1 amide bonds. The molecule has 0 spiro atoms. The summed E-state index contributed by atoms with van der Waals surface area (Å²) in [6.45, 7) is 0. The molecule has 0 unspecified atom stereocenters. The van der Waals surface area contributed by atoms with Gasteiger partial charge in [0.25, 0.3) is 5.91 Å². The van der Waals surface area contributed by atoms with E-state index in [-0.39, 0.29) is 11.3 Å². The van der Waals surface area contributed by atoms with Gasteiger partial charge in [-0.3, -0.25) is 4.79 Å². The normalized spacial score (nSPS) is 10.1. The highest BCUT2D eigenvalue weighted by Crippen LogP contribution is 2.27. The summed E-state index contributed by atoms with van der Waals surface area (Å²) in [7, 11) is 1.47. The number of carbonyl (C=O) groups is 2. The number of carboxylic acids is 1. The molecule has 2 N–H and O–H groups in total. The quantitative estimate of drug-likeness (QED) is 0.880. The number of amides is 1. The van der Waals surface area contributed by atoms with Gasteiger partial charge >= 0.3 is 5.97 Å². The van der Waals surface area contributed by atoms with Crippen LogP contribution in [0.4, 0.5) is 5.69 Å². The molecule has 0 saturated carbocycles. The Kier molecular flexibility index (Phi) is 4.41. The van der Waals surface area contributed by atoms with Crippen LogP contribution in [0.15, 0.2) is 34.1 Å². The molecule has 2 rings (SSSR count). The number of hydrogen-bond acceptors (Lipinski definition) is 4. The Labute approximate surface area is 127 Å². The van der Waals surface area contributed by atoms with Crippen LogP contribution in [0.25, 0.3) is 0 Å². The number of thiophene rings is 1. The molecule has 1 aromatic carbocycles. The van der Waals surface area contributed by atoms with Gasteiger partial charge in [0.05, 0.1) is 18.4 Å². The number of methoxy groups -OCH3 is 1. The van der Waals surface area contributed by atoms with Gasteiger partial charge in [0.2, 0.25) is 0 Å². The largest absolute Gasteiger partial charge is 0.495 e. The van der Waals surface area contributed by atoms with Crippen LogP contribution in [0.5, 0.6) is 5.75 Å². The van der Waals surface area contributed by atoms with Crippen LogP contribution in [0.3, 0.4) is 0 Å². The Bertz CT molecular complexity index is 668. The Morgan fingerprint density at radius 3 is 2.75 bits per heavy atom. The first kappa shape index (κ1) is 14.5.